The molecule has 0 unspecified atom stereocenters. The number of benzene rings is 3. The number of aryl methyl sites for hydroxylation is 1. The Morgan fingerprint density at radius 3 is 2.40 bits per heavy atom. The summed E-state index contributed by atoms with van der Waals surface area (Å²) in [6.45, 7) is 7.16. The molecule has 1 heterocycles. The summed E-state index contributed by atoms with van der Waals surface area (Å²) in [5.74, 6) is 0. The lowest BCUT2D eigenvalue weighted by atomic mass is 9.96. The molecule has 2 aliphatic rings. The van der Waals surface area contributed by atoms with Crippen LogP contribution in [-0.2, 0) is 11.2 Å². The van der Waals surface area contributed by atoms with Crippen molar-refractivity contribution in [1.29, 1.82) is 0 Å². The van der Waals surface area contributed by atoms with Gasteiger partial charge in [-0.25, -0.2) is 0 Å². The molecule has 152 valence electrons. The maximum Gasteiger partial charge on any atom is 0.0594 e. The van der Waals surface area contributed by atoms with Crippen molar-refractivity contribution in [3.05, 3.63) is 89.0 Å². The van der Waals surface area contributed by atoms with Crippen molar-refractivity contribution in [2.75, 3.05) is 32.8 Å². The lowest BCUT2D eigenvalue weighted by Gasteiger charge is -2.26. The number of hydrogen-bond acceptors (Lipinski definition) is 2. The standard InChI is InChI=1S/C28H29NO/c1-2-21-11-12-22(26-8-4-3-7-25(21)26)19-24-20-23(27-9-5-6-10-28(24)27)13-14-29-15-17-30-18-16-29/h3-12,19-20H,2,13-18H2,1H3. The summed E-state index contributed by atoms with van der Waals surface area (Å²) in [5.41, 5.74) is 8.26. The van der Waals surface area contributed by atoms with Gasteiger partial charge < -0.3 is 4.74 Å². The lowest BCUT2D eigenvalue weighted by molar-refractivity contribution is 0.0390. The number of hydrogen-bond donors (Lipinski definition) is 0. The normalized spacial score (nSPS) is 18.0. The van der Waals surface area contributed by atoms with Gasteiger partial charge in [0.2, 0.25) is 0 Å². The van der Waals surface area contributed by atoms with Gasteiger partial charge in [-0.1, -0.05) is 73.7 Å². The van der Waals surface area contributed by atoms with Crippen LogP contribution in [0, 0.1) is 0 Å². The molecule has 0 spiro atoms. The zero-order valence-corrected chi connectivity index (χ0v) is 17.7. The lowest BCUT2D eigenvalue weighted by Crippen LogP contribution is -2.36. The number of fused-ring (bicyclic) bond motifs is 2. The molecule has 0 amide bonds. The van der Waals surface area contributed by atoms with E-state index < -0.39 is 0 Å². The van der Waals surface area contributed by atoms with E-state index >= 15 is 0 Å². The maximum atomic E-state index is 5.50. The van der Waals surface area contributed by atoms with Crippen LogP contribution in [0.4, 0.5) is 0 Å². The molecule has 0 aromatic heterocycles. The largest absolute Gasteiger partial charge is 0.379 e. The van der Waals surface area contributed by atoms with E-state index in [0.717, 1.165) is 45.7 Å². The number of ether oxygens (including phenoxy) is 1. The zero-order valence-electron chi connectivity index (χ0n) is 17.7. The van der Waals surface area contributed by atoms with Gasteiger partial charge >= 0.3 is 0 Å². The van der Waals surface area contributed by atoms with Crippen molar-refractivity contribution in [1.82, 2.24) is 4.90 Å². The quantitative estimate of drug-likeness (QED) is 0.520. The zero-order chi connectivity index (χ0) is 20.3. The van der Waals surface area contributed by atoms with Crippen LogP contribution in [-0.4, -0.2) is 37.7 Å². The second-order valence-electron chi connectivity index (χ2n) is 8.23. The first-order valence-corrected chi connectivity index (χ1v) is 11.2. The molecule has 1 aliphatic heterocycles. The highest BCUT2D eigenvalue weighted by Crippen LogP contribution is 2.39. The Kier molecular flexibility index (Phi) is 5.52. The number of morpholine rings is 1. The first-order chi connectivity index (χ1) is 14.8. The van der Waals surface area contributed by atoms with Crippen LogP contribution in [0.25, 0.3) is 28.0 Å². The van der Waals surface area contributed by atoms with Crippen molar-refractivity contribution in [2.45, 2.75) is 19.8 Å². The number of nitrogens with zero attached hydrogens (tertiary/aromatic N) is 1. The first-order valence-electron chi connectivity index (χ1n) is 11.2. The fourth-order valence-corrected chi connectivity index (χ4v) is 4.77. The van der Waals surface area contributed by atoms with Crippen LogP contribution in [0.5, 0.6) is 0 Å². The van der Waals surface area contributed by atoms with Crippen LogP contribution in [0.15, 0.2) is 66.7 Å². The summed E-state index contributed by atoms with van der Waals surface area (Å²) >= 11 is 0. The fraction of sp³-hybridized carbons (Fsp3) is 0.286. The van der Waals surface area contributed by atoms with Gasteiger partial charge in [0.15, 0.2) is 0 Å². The molecule has 0 N–H and O–H groups in total. The fourth-order valence-electron chi connectivity index (χ4n) is 4.77. The summed E-state index contributed by atoms with van der Waals surface area (Å²) in [7, 11) is 0. The Morgan fingerprint density at radius 2 is 1.60 bits per heavy atom. The van der Waals surface area contributed by atoms with E-state index in [1.54, 1.807) is 0 Å². The molecular weight excluding hydrogens is 366 g/mol. The van der Waals surface area contributed by atoms with E-state index in [2.05, 4.69) is 84.6 Å². The van der Waals surface area contributed by atoms with Crippen LogP contribution in [0.2, 0.25) is 0 Å². The maximum absolute atomic E-state index is 5.50. The molecule has 1 saturated heterocycles. The molecule has 1 aliphatic carbocycles. The SMILES string of the molecule is CCc1ccc(C=C2C=C(CCN3CCOCC3)c3ccccc32)c2ccccc12. The topological polar surface area (TPSA) is 12.5 Å². The highest BCUT2D eigenvalue weighted by molar-refractivity contribution is 6.05. The average Bonchev–Trinajstić information content (AvgIpc) is 3.16. The molecule has 0 atom stereocenters. The van der Waals surface area contributed by atoms with Crippen LogP contribution in [0.1, 0.15) is 35.6 Å². The van der Waals surface area contributed by atoms with Gasteiger partial charge in [0, 0.05) is 19.6 Å². The van der Waals surface area contributed by atoms with Crippen LogP contribution >= 0.6 is 0 Å². The van der Waals surface area contributed by atoms with E-state index in [0.29, 0.717) is 0 Å². The van der Waals surface area contributed by atoms with Crippen molar-refractivity contribution in [3.63, 3.8) is 0 Å². The van der Waals surface area contributed by atoms with Gasteiger partial charge in [0.25, 0.3) is 0 Å². The molecule has 30 heavy (non-hydrogen) atoms. The highest BCUT2D eigenvalue weighted by Gasteiger charge is 2.19. The minimum Gasteiger partial charge on any atom is -0.379 e. The van der Waals surface area contributed by atoms with Crippen molar-refractivity contribution in [3.8, 4) is 0 Å². The molecule has 3 aromatic carbocycles. The van der Waals surface area contributed by atoms with Crippen LogP contribution in [0.3, 0.4) is 0 Å². The Bertz CT molecular complexity index is 1120. The third-order valence-electron chi connectivity index (χ3n) is 6.45. The minimum atomic E-state index is 0.863. The van der Waals surface area contributed by atoms with E-state index in [-0.39, 0.29) is 0 Å². The summed E-state index contributed by atoms with van der Waals surface area (Å²) in [5, 5.41) is 2.72. The van der Waals surface area contributed by atoms with Gasteiger partial charge in [0.1, 0.15) is 0 Å². The molecule has 2 nitrogen and oxygen atoms in total. The van der Waals surface area contributed by atoms with Crippen molar-refractivity contribution in [2.24, 2.45) is 0 Å². The second-order valence-corrected chi connectivity index (χ2v) is 8.23. The highest BCUT2D eigenvalue weighted by atomic mass is 16.5. The van der Waals surface area contributed by atoms with E-state index in [9.17, 15) is 0 Å². The first kappa shape index (κ1) is 19.3. The average molecular weight is 396 g/mol. The van der Waals surface area contributed by atoms with Gasteiger partial charge in [-0.15, -0.1) is 0 Å². The molecule has 0 saturated carbocycles. The van der Waals surface area contributed by atoms with Gasteiger partial charge in [0.05, 0.1) is 13.2 Å². The predicted octanol–water partition coefficient (Wildman–Crippen LogP) is 6.06. The molecule has 2 heteroatoms. The molecule has 1 fully saturated rings. The van der Waals surface area contributed by atoms with Gasteiger partial charge in [-0.05, 0) is 63.1 Å². The van der Waals surface area contributed by atoms with Gasteiger partial charge in [-0.3, -0.25) is 4.90 Å². The third-order valence-corrected chi connectivity index (χ3v) is 6.45. The Morgan fingerprint density at radius 1 is 0.867 bits per heavy atom. The third kappa shape index (κ3) is 3.74. The second kappa shape index (κ2) is 8.59. The van der Waals surface area contributed by atoms with Gasteiger partial charge in [-0.2, -0.15) is 0 Å². The Balaban J connectivity index is 1.50. The number of allylic oxidation sites excluding steroid dienone is 2. The molecule has 0 bridgehead atoms. The predicted molar refractivity (Wildman–Crippen MR) is 127 cm³/mol. The summed E-state index contributed by atoms with van der Waals surface area (Å²) in [6.07, 6.45) is 6.94. The number of rotatable bonds is 5. The summed E-state index contributed by atoms with van der Waals surface area (Å²) in [4.78, 5) is 2.52. The summed E-state index contributed by atoms with van der Waals surface area (Å²) in [6, 6.07) is 22.2. The summed E-state index contributed by atoms with van der Waals surface area (Å²) < 4.78 is 5.50. The molecular formula is C28H29NO. The Hall–Kier alpha value is -2.68. The Labute approximate surface area is 179 Å². The molecule has 5 rings (SSSR count). The van der Waals surface area contributed by atoms with Crippen molar-refractivity contribution < 1.29 is 4.74 Å². The van der Waals surface area contributed by atoms with Crippen LogP contribution < -0.4 is 0 Å². The molecule has 0 radical (unpaired) electrons. The monoisotopic (exact) mass is 395 g/mol. The van der Waals surface area contributed by atoms with E-state index in [1.807, 2.05) is 0 Å². The van der Waals surface area contributed by atoms with E-state index in [4.69, 9.17) is 4.74 Å². The molecule has 3 aromatic rings. The minimum absolute atomic E-state index is 0.863. The van der Waals surface area contributed by atoms with E-state index in [1.165, 1.54) is 44.2 Å². The van der Waals surface area contributed by atoms with Crippen molar-refractivity contribution >= 4 is 28.0 Å². The smallest absolute Gasteiger partial charge is 0.0594 e.